The van der Waals surface area contributed by atoms with Gasteiger partial charge < -0.3 is 9.84 Å². The second-order valence-corrected chi connectivity index (χ2v) is 4.68. The fraction of sp³-hybridized carbons (Fsp3) is 0.143. The minimum absolute atomic E-state index is 0.309. The molecule has 18 heavy (non-hydrogen) atoms. The van der Waals surface area contributed by atoms with E-state index in [1.54, 1.807) is 12.1 Å². The van der Waals surface area contributed by atoms with Crippen LogP contribution in [0.1, 0.15) is 17.2 Å². The SMILES string of the molecule is COc1cc(Br)c(F)cc1C(O)c1ccccc1. The monoisotopic (exact) mass is 310 g/mol. The van der Waals surface area contributed by atoms with Gasteiger partial charge in [0, 0.05) is 5.56 Å². The molecule has 1 unspecified atom stereocenters. The van der Waals surface area contributed by atoms with Gasteiger partial charge in [-0.2, -0.15) is 0 Å². The maximum atomic E-state index is 13.6. The quantitative estimate of drug-likeness (QED) is 0.937. The number of hydrogen-bond donors (Lipinski definition) is 1. The highest BCUT2D eigenvalue weighted by molar-refractivity contribution is 9.10. The van der Waals surface area contributed by atoms with E-state index in [-0.39, 0.29) is 0 Å². The van der Waals surface area contributed by atoms with Crippen molar-refractivity contribution in [3.8, 4) is 5.75 Å². The Hall–Kier alpha value is -1.39. The largest absolute Gasteiger partial charge is 0.496 e. The van der Waals surface area contributed by atoms with Gasteiger partial charge in [0.2, 0.25) is 0 Å². The standard InChI is InChI=1S/C14H12BrFO2/c1-18-13-8-11(15)12(16)7-10(13)14(17)9-5-3-2-4-6-9/h2-8,14,17H,1H3. The molecule has 2 nitrogen and oxygen atoms in total. The summed E-state index contributed by atoms with van der Waals surface area (Å²) >= 11 is 3.09. The van der Waals surface area contributed by atoms with Gasteiger partial charge in [0.25, 0.3) is 0 Å². The smallest absolute Gasteiger partial charge is 0.138 e. The first kappa shape index (κ1) is 13.1. The van der Waals surface area contributed by atoms with Gasteiger partial charge in [-0.25, -0.2) is 4.39 Å². The third-order valence-corrected chi connectivity index (χ3v) is 3.29. The number of ether oxygens (including phenoxy) is 1. The van der Waals surface area contributed by atoms with Crippen LogP contribution in [0.3, 0.4) is 0 Å². The third kappa shape index (κ3) is 2.54. The number of methoxy groups -OCH3 is 1. The van der Waals surface area contributed by atoms with Crippen molar-refractivity contribution in [3.63, 3.8) is 0 Å². The normalized spacial score (nSPS) is 12.2. The Morgan fingerprint density at radius 3 is 2.50 bits per heavy atom. The van der Waals surface area contributed by atoms with E-state index >= 15 is 0 Å². The van der Waals surface area contributed by atoms with Crippen LogP contribution in [0.4, 0.5) is 4.39 Å². The fourth-order valence-electron chi connectivity index (χ4n) is 1.75. The molecule has 0 radical (unpaired) electrons. The van der Waals surface area contributed by atoms with Crippen molar-refractivity contribution in [2.24, 2.45) is 0 Å². The van der Waals surface area contributed by atoms with Crippen molar-refractivity contribution in [1.29, 1.82) is 0 Å². The van der Waals surface area contributed by atoms with E-state index < -0.39 is 11.9 Å². The van der Waals surface area contributed by atoms with Gasteiger partial charge in [-0.05, 0) is 33.6 Å². The Morgan fingerprint density at radius 2 is 1.89 bits per heavy atom. The van der Waals surface area contributed by atoms with Crippen LogP contribution in [0.5, 0.6) is 5.75 Å². The van der Waals surface area contributed by atoms with Crippen LogP contribution in [-0.4, -0.2) is 12.2 Å². The molecule has 0 saturated carbocycles. The minimum atomic E-state index is -0.913. The summed E-state index contributed by atoms with van der Waals surface area (Å²) in [6, 6.07) is 11.8. The van der Waals surface area contributed by atoms with E-state index in [1.807, 2.05) is 18.2 Å². The Balaban J connectivity index is 2.47. The molecule has 0 fully saturated rings. The van der Waals surface area contributed by atoms with E-state index in [0.29, 0.717) is 21.3 Å². The predicted molar refractivity (Wildman–Crippen MR) is 71.2 cm³/mol. The molecule has 2 aromatic rings. The first-order valence-corrected chi connectivity index (χ1v) is 6.18. The highest BCUT2D eigenvalue weighted by Gasteiger charge is 2.17. The molecule has 1 atom stereocenters. The lowest BCUT2D eigenvalue weighted by atomic mass is 10.0. The minimum Gasteiger partial charge on any atom is -0.496 e. The van der Waals surface area contributed by atoms with Crippen LogP contribution in [0.25, 0.3) is 0 Å². The summed E-state index contributed by atoms with van der Waals surface area (Å²) in [6.45, 7) is 0. The molecule has 0 aliphatic heterocycles. The number of halogens is 2. The molecule has 94 valence electrons. The third-order valence-electron chi connectivity index (χ3n) is 2.68. The number of aliphatic hydroxyl groups is 1. The average molecular weight is 311 g/mol. The van der Waals surface area contributed by atoms with Crippen molar-refractivity contribution in [3.05, 3.63) is 63.9 Å². The van der Waals surface area contributed by atoms with E-state index in [0.717, 1.165) is 0 Å². The lowest BCUT2D eigenvalue weighted by Crippen LogP contribution is -2.03. The van der Waals surface area contributed by atoms with Gasteiger partial charge in [-0.1, -0.05) is 30.3 Å². The van der Waals surface area contributed by atoms with Crippen molar-refractivity contribution >= 4 is 15.9 Å². The van der Waals surface area contributed by atoms with E-state index in [1.165, 1.54) is 19.2 Å². The van der Waals surface area contributed by atoms with Crippen LogP contribution in [0.2, 0.25) is 0 Å². The van der Waals surface area contributed by atoms with Crippen molar-refractivity contribution < 1.29 is 14.2 Å². The van der Waals surface area contributed by atoms with Crippen LogP contribution < -0.4 is 4.74 Å². The molecular formula is C14H12BrFO2. The number of hydrogen-bond acceptors (Lipinski definition) is 2. The highest BCUT2D eigenvalue weighted by atomic mass is 79.9. The molecule has 0 aliphatic carbocycles. The van der Waals surface area contributed by atoms with Crippen LogP contribution >= 0.6 is 15.9 Å². The molecule has 0 aliphatic rings. The molecule has 0 heterocycles. The Kier molecular flexibility index (Phi) is 3.99. The summed E-state index contributed by atoms with van der Waals surface area (Å²) in [5.41, 5.74) is 1.10. The predicted octanol–water partition coefficient (Wildman–Crippen LogP) is 3.68. The zero-order chi connectivity index (χ0) is 13.1. The van der Waals surface area contributed by atoms with E-state index in [2.05, 4.69) is 15.9 Å². The van der Waals surface area contributed by atoms with Gasteiger partial charge in [0.05, 0.1) is 11.6 Å². The van der Waals surface area contributed by atoms with Crippen molar-refractivity contribution in [1.82, 2.24) is 0 Å². The molecular weight excluding hydrogens is 299 g/mol. The Labute approximate surface area is 113 Å². The number of aliphatic hydroxyl groups excluding tert-OH is 1. The first-order chi connectivity index (χ1) is 8.63. The molecule has 4 heteroatoms. The maximum Gasteiger partial charge on any atom is 0.138 e. The van der Waals surface area contributed by atoms with Crippen LogP contribution in [0.15, 0.2) is 46.9 Å². The summed E-state index contributed by atoms with van der Waals surface area (Å²) in [4.78, 5) is 0. The van der Waals surface area contributed by atoms with Gasteiger partial charge in [0.1, 0.15) is 17.7 Å². The lowest BCUT2D eigenvalue weighted by molar-refractivity contribution is 0.214. The highest BCUT2D eigenvalue weighted by Crippen LogP contribution is 2.33. The van der Waals surface area contributed by atoms with Gasteiger partial charge in [0.15, 0.2) is 0 Å². The van der Waals surface area contributed by atoms with Gasteiger partial charge in [-0.15, -0.1) is 0 Å². The van der Waals surface area contributed by atoms with Crippen LogP contribution in [0, 0.1) is 5.82 Å². The second kappa shape index (κ2) is 5.50. The van der Waals surface area contributed by atoms with Gasteiger partial charge in [-0.3, -0.25) is 0 Å². The fourth-order valence-corrected chi connectivity index (χ4v) is 2.07. The number of rotatable bonds is 3. The summed E-state index contributed by atoms with van der Waals surface area (Å²) in [5, 5.41) is 10.3. The molecule has 0 spiro atoms. The van der Waals surface area contributed by atoms with E-state index in [4.69, 9.17) is 4.74 Å². The molecule has 0 saturated heterocycles. The molecule has 2 rings (SSSR count). The van der Waals surface area contributed by atoms with Crippen molar-refractivity contribution in [2.75, 3.05) is 7.11 Å². The van der Waals surface area contributed by atoms with E-state index in [9.17, 15) is 9.50 Å². The molecule has 0 amide bonds. The summed E-state index contributed by atoms with van der Waals surface area (Å²) in [7, 11) is 1.49. The maximum absolute atomic E-state index is 13.6. The summed E-state index contributed by atoms with van der Waals surface area (Å²) in [6.07, 6.45) is -0.913. The zero-order valence-electron chi connectivity index (χ0n) is 9.73. The topological polar surface area (TPSA) is 29.5 Å². The second-order valence-electron chi connectivity index (χ2n) is 3.82. The number of benzene rings is 2. The Morgan fingerprint density at radius 1 is 1.22 bits per heavy atom. The average Bonchev–Trinajstić information content (AvgIpc) is 2.41. The van der Waals surface area contributed by atoms with Crippen LogP contribution in [-0.2, 0) is 0 Å². The lowest BCUT2D eigenvalue weighted by Gasteiger charge is -2.15. The molecule has 0 aromatic heterocycles. The van der Waals surface area contributed by atoms with Gasteiger partial charge >= 0.3 is 0 Å². The summed E-state index contributed by atoms with van der Waals surface area (Å²) < 4.78 is 19.0. The summed E-state index contributed by atoms with van der Waals surface area (Å²) in [5.74, 6) is 0.0143. The zero-order valence-corrected chi connectivity index (χ0v) is 11.3. The Bertz CT molecular complexity index is 543. The molecule has 0 bridgehead atoms. The van der Waals surface area contributed by atoms with Crippen molar-refractivity contribution in [2.45, 2.75) is 6.10 Å². The molecule has 1 N–H and O–H groups in total. The molecule has 2 aromatic carbocycles. The first-order valence-electron chi connectivity index (χ1n) is 5.39.